The zero-order valence-corrected chi connectivity index (χ0v) is 19.4. The van der Waals surface area contributed by atoms with Gasteiger partial charge in [0.15, 0.2) is 17.3 Å². The molecule has 3 aromatic carbocycles. The number of carbonyl (C=O) groups is 1. The fourth-order valence-corrected chi connectivity index (χ4v) is 3.62. The van der Waals surface area contributed by atoms with E-state index in [1.165, 1.54) is 44.1 Å². The topological polar surface area (TPSA) is 82.6 Å². The predicted octanol–water partition coefficient (Wildman–Crippen LogP) is 4.89. The number of ether oxygens (including phenoxy) is 3. The number of rotatable bonds is 8. The summed E-state index contributed by atoms with van der Waals surface area (Å²) in [6.07, 6.45) is 4.66. The summed E-state index contributed by atoms with van der Waals surface area (Å²) in [4.78, 5) is 28.3. The van der Waals surface area contributed by atoms with Crippen LogP contribution in [0, 0.1) is 5.82 Å². The number of halogens is 1. The Labute approximate surface area is 201 Å². The summed E-state index contributed by atoms with van der Waals surface area (Å²) in [5.74, 6) is 0.765. The van der Waals surface area contributed by atoms with Crippen LogP contribution in [0.15, 0.2) is 77.7 Å². The molecule has 4 aromatic rings. The number of imidazole rings is 1. The van der Waals surface area contributed by atoms with Crippen molar-refractivity contribution in [3.8, 4) is 34.2 Å². The summed E-state index contributed by atoms with van der Waals surface area (Å²) < 4.78 is 30.6. The standard InChI is InChI=1S/C27H23FN2O5/c1-33-24-14-19(15-25(34-2)26(24)35-3)22-16-30(27(32)29-22)21-6-4-5-18(13-21)23(31)12-9-17-7-10-20(28)11-8-17/h4-16H,1-3H3,(H,29,32)/b12-9+. The first kappa shape index (κ1) is 23.6. The van der Waals surface area contributed by atoms with E-state index < -0.39 is 0 Å². The van der Waals surface area contributed by atoms with Gasteiger partial charge in [-0.15, -0.1) is 0 Å². The smallest absolute Gasteiger partial charge is 0.330 e. The van der Waals surface area contributed by atoms with Crippen LogP contribution in [0.1, 0.15) is 15.9 Å². The number of allylic oxidation sites excluding steroid dienone is 1. The molecule has 0 aliphatic carbocycles. The van der Waals surface area contributed by atoms with Gasteiger partial charge in [-0.1, -0.05) is 30.3 Å². The third-order valence-electron chi connectivity index (χ3n) is 5.40. The van der Waals surface area contributed by atoms with Crippen LogP contribution in [0.4, 0.5) is 4.39 Å². The van der Waals surface area contributed by atoms with E-state index in [0.29, 0.717) is 45.3 Å². The van der Waals surface area contributed by atoms with Crippen molar-refractivity contribution in [3.05, 3.63) is 100 Å². The van der Waals surface area contributed by atoms with Gasteiger partial charge in [-0.05, 0) is 48.0 Å². The van der Waals surface area contributed by atoms with Crippen molar-refractivity contribution < 1.29 is 23.4 Å². The normalized spacial score (nSPS) is 11.0. The molecule has 0 spiro atoms. The highest BCUT2D eigenvalue weighted by atomic mass is 19.1. The monoisotopic (exact) mass is 474 g/mol. The van der Waals surface area contributed by atoms with E-state index in [0.717, 1.165) is 0 Å². The summed E-state index contributed by atoms with van der Waals surface area (Å²) >= 11 is 0. The summed E-state index contributed by atoms with van der Waals surface area (Å²) in [6, 6.07) is 16.0. The van der Waals surface area contributed by atoms with E-state index >= 15 is 0 Å². The van der Waals surface area contributed by atoms with Gasteiger partial charge in [0.2, 0.25) is 5.75 Å². The predicted molar refractivity (Wildman–Crippen MR) is 131 cm³/mol. The number of methoxy groups -OCH3 is 3. The molecule has 1 aromatic heterocycles. The Morgan fingerprint density at radius 2 is 1.63 bits per heavy atom. The number of ketones is 1. The molecule has 0 fully saturated rings. The Kier molecular flexibility index (Phi) is 6.82. The van der Waals surface area contributed by atoms with Crippen LogP contribution in [0.5, 0.6) is 17.2 Å². The van der Waals surface area contributed by atoms with E-state index in [4.69, 9.17) is 14.2 Å². The Morgan fingerprint density at radius 3 is 2.26 bits per heavy atom. The Hall–Kier alpha value is -4.59. The van der Waals surface area contributed by atoms with Gasteiger partial charge >= 0.3 is 5.69 Å². The van der Waals surface area contributed by atoms with Crippen LogP contribution in [-0.4, -0.2) is 36.7 Å². The number of aromatic amines is 1. The second-order valence-corrected chi connectivity index (χ2v) is 7.56. The summed E-state index contributed by atoms with van der Waals surface area (Å²) in [5, 5.41) is 0. The Balaban J connectivity index is 1.65. The molecule has 0 amide bonds. The van der Waals surface area contributed by atoms with Crippen LogP contribution < -0.4 is 19.9 Å². The molecule has 8 heteroatoms. The first-order chi connectivity index (χ1) is 16.9. The molecule has 0 aliphatic rings. The average Bonchev–Trinajstić information content (AvgIpc) is 3.28. The first-order valence-corrected chi connectivity index (χ1v) is 10.6. The molecule has 7 nitrogen and oxygen atoms in total. The van der Waals surface area contributed by atoms with Crippen molar-refractivity contribution >= 4 is 11.9 Å². The lowest BCUT2D eigenvalue weighted by molar-refractivity contribution is 0.104. The zero-order valence-electron chi connectivity index (χ0n) is 19.4. The molecule has 178 valence electrons. The lowest BCUT2D eigenvalue weighted by Crippen LogP contribution is -2.14. The second kappa shape index (κ2) is 10.1. The van der Waals surface area contributed by atoms with Crippen molar-refractivity contribution in [1.29, 1.82) is 0 Å². The van der Waals surface area contributed by atoms with E-state index in [-0.39, 0.29) is 17.3 Å². The summed E-state index contributed by atoms with van der Waals surface area (Å²) in [5.41, 5.74) is 2.44. The van der Waals surface area contributed by atoms with Crippen LogP contribution >= 0.6 is 0 Å². The van der Waals surface area contributed by atoms with Crippen LogP contribution in [-0.2, 0) is 0 Å². The number of hydrogen-bond acceptors (Lipinski definition) is 5. The van der Waals surface area contributed by atoms with Gasteiger partial charge in [0.1, 0.15) is 5.82 Å². The highest BCUT2D eigenvalue weighted by Crippen LogP contribution is 2.40. The summed E-state index contributed by atoms with van der Waals surface area (Å²) in [7, 11) is 4.55. The number of aromatic nitrogens is 2. The van der Waals surface area contributed by atoms with E-state index in [1.807, 2.05) is 0 Å². The van der Waals surface area contributed by atoms with Gasteiger partial charge < -0.3 is 19.2 Å². The highest BCUT2D eigenvalue weighted by Gasteiger charge is 2.16. The molecular formula is C27H23FN2O5. The molecule has 0 saturated carbocycles. The molecule has 0 bridgehead atoms. The molecule has 0 atom stereocenters. The Bertz CT molecular complexity index is 1430. The molecule has 35 heavy (non-hydrogen) atoms. The number of benzene rings is 3. The number of carbonyl (C=O) groups excluding carboxylic acids is 1. The largest absolute Gasteiger partial charge is 0.493 e. The maximum atomic E-state index is 13.1. The molecule has 1 heterocycles. The van der Waals surface area contributed by atoms with Gasteiger partial charge in [0, 0.05) is 17.3 Å². The second-order valence-electron chi connectivity index (χ2n) is 7.56. The van der Waals surface area contributed by atoms with Gasteiger partial charge in [-0.25, -0.2) is 9.18 Å². The van der Waals surface area contributed by atoms with Crippen molar-refractivity contribution in [2.24, 2.45) is 0 Å². The van der Waals surface area contributed by atoms with Crippen molar-refractivity contribution in [3.63, 3.8) is 0 Å². The summed E-state index contributed by atoms with van der Waals surface area (Å²) in [6.45, 7) is 0. The van der Waals surface area contributed by atoms with Crippen molar-refractivity contribution in [1.82, 2.24) is 9.55 Å². The minimum Gasteiger partial charge on any atom is -0.493 e. The Morgan fingerprint density at radius 1 is 0.943 bits per heavy atom. The lowest BCUT2D eigenvalue weighted by atomic mass is 10.1. The van der Waals surface area contributed by atoms with Crippen molar-refractivity contribution in [2.75, 3.05) is 21.3 Å². The van der Waals surface area contributed by atoms with Crippen LogP contribution in [0.2, 0.25) is 0 Å². The van der Waals surface area contributed by atoms with E-state index in [1.54, 1.807) is 60.8 Å². The fraction of sp³-hybridized carbons (Fsp3) is 0.111. The minimum absolute atomic E-state index is 0.246. The van der Waals surface area contributed by atoms with Gasteiger partial charge in [-0.2, -0.15) is 0 Å². The van der Waals surface area contributed by atoms with Gasteiger partial charge in [0.05, 0.1) is 32.7 Å². The first-order valence-electron chi connectivity index (χ1n) is 10.6. The molecular weight excluding hydrogens is 451 g/mol. The SMILES string of the molecule is COc1cc(-c2cn(-c3cccc(C(=O)/C=C/c4ccc(F)cc4)c3)c(=O)[nH]2)cc(OC)c1OC. The molecule has 0 radical (unpaired) electrons. The van der Waals surface area contributed by atoms with Crippen molar-refractivity contribution in [2.45, 2.75) is 0 Å². The van der Waals surface area contributed by atoms with Gasteiger partial charge in [-0.3, -0.25) is 9.36 Å². The van der Waals surface area contributed by atoms with E-state index in [9.17, 15) is 14.0 Å². The zero-order chi connectivity index (χ0) is 24.9. The van der Waals surface area contributed by atoms with Gasteiger partial charge in [0.25, 0.3) is 0 Å². The number of nitrogens with zero attached hydrogens (tertiary/aromatic N) is 1. The minimum atomic E-state index is -0.375. The number of nitrogens with one attached hydrogen (secondary N) is 1. The lowest BCUT2D eigenvalue weighted by Gasteiger charge is -2.13. The molecule has 0 saturated heterocycles. The average molecular weight is 474 g/mol. The maximum absolute atomic E-state index is 13.1. The number of hydrogen-bond donors (Lipinski definition) is 1. The molecule has 0 unspecified atom stereocenters. The molecule has 4 rings (SSSR count). The highest BCUT2D eigenvalue weighted by molar-refractivity contribution is 6.07. The van der Waals surface area contributed by atoms with Crippen LogP contribution in [0.25, 0.3) is 23.0 Å². The molecule has 1 N–H and O–H groups in total. The fourth-order valence-electron chi connectivity index (χ4n) is 3.62. The quantitative estimate of drug-likeness (QED) is 0.290. The van der Waals surface area contributed by atoms with Crippen LogP contribution in [0.3, 0.4) is 0 Å². The third-order valence-corrected chi connectivity index (χ3v) is 5.40. The number of H-pyrrole nitrogens is 1. The molecule has 0 aliphatic heterocycles. The van der Waals surface area contributed by atoms with E-state index in [2.05, 4.69) is 4.98 Å². The maximum Gasteiger partial charge on any atom is 0.330 e. The third kappa shape index (κ3) is 5.01.